The Balaban J connectivity index is 2.98. The molecule has 0 heterocycles. The summed E-state index contributed by atoms with van der Waals surface area (Å²) >= 11 is 8.52. The predicted octanol–water partition coefficient (Wildman–Crippen LogP) is 2.58. The minimum absolute atomic E-state index is 0.255. The molecule has 0 saturated heterocycles. The lowest BCUT2D eigenvalue weighted by molar-refractivity contribution is -0.109. The van der Waals surface area contributed by atoms with E-state index in [0.717, 1.165) is 5.08 Å². The van der Waals surface area contributed by atoms with Crippen molar-refractivity contribution in [2.75, 3.05) is 10.8 Å². The second kappa shape index (κ2) is 6.38. The van der Waals surface area contributed by atoms with E-state index >= 15 is 0 Å². The average Bonchev–Trinajstić information content (AvgIpc) is 1.79. The Kier molecular flexibility index (Phi) is 6.80. The largest absolute Gasteiger partial charge is 0.280 e. The summed E-state index contributed by atoms with van der Waals surface area (Å²) in [7, 11) is 0. The number of carbonyl (C=O) groups excluding carboxylic acids is 1. The van der Waals surface area contributed by atoms with Gasteiger partial charge in [-0.15, -0.1) is 23.5 Å². The van der Waals surface area contributed by atoms with Crippen LogP contribution in [0.25, 0.3) is 0 Å². The first-order valence-corrected chi connectivity index (χ1v) is 5.58. The van der Waals surface area contributed by atoms with Crippen LogP contribution in [0.1, 0.15) is 13.8 Å². The number of hydrogen-bond acceptors (Lipinski definition) is 3. The van der Waals surface area contributed by atoms with Gasteiger partial charge >= 0.3 is 0 Å². The van der Waals surface area contributed by atoms with Gasteiger partial charge in [-0.3, -0.25) is 4.79 Å². The van der Waals surface area contributed by atoms with E-state index in [2.05, 4.69) is 13.8 Å². The Morgan fingerprint density at radius 3 is 2.60 bits per heavy atom. The number of thioether (sulfide) groups is 2. The van der Waals surface area contributed by atoms with Crippen molar-refractivity contribution in [1.82, 2.24) is 0 Å². The molecule has 1 nitrogen and oxygen atoms in total. The third-order valence-electron chi connectivity index (χ3n) is 0.700. The van der Waals surface area contributed by atoms with E-state index in [1.165, 1.54) is 0 Å². The van der Waals surface area contributed by atoms with Crippen LogP contribution in [0.4, 0.5) is 0 Å². The van der Waals surface area contributed by atoms with E-state index in [-0.39, 0.29) is 5.24 Å². The first kappa shape index (κ1) is 10.7. The van der Waals surface area contributed by atoms with Gasteiger partial charge in [0.05, 0.1) is 5.75 Å². The summed E-state index contributed by atoms with van der Waals surface area (Å²) in [6, 6.07) is 0. The average molecular weight is 199 g/mol. The lowest BCUT2D eigenvalue weighted by Crippen LogP contribution is -1.92. The normalized spacial score (nSPS) is 10.4. The zero-order chi connectivity index (χ0) is 7.98. The summed E-state index contributed by atoms with van der Waals surface area (Å²) in [5.41, 5.74) is 0. The van der Waals surface area contributed by atoms with Crippen molar-refractivity contribution in [3.05, 3.63) is 0 Å². The van der Waals surface area contributed by atoms with Gasteiger partial charge in [0, 0.05) is 5.08 Å². The number of halogens is 1. The van der Waals surface area contributed by atoms with Crippen LogP contribution in [0.5, 0.6) is 0 Å². The molecule has 0 aliphatic rings. The fourth-order valence-corrected chi connectivity index (χ4v) is 2.50. The SMILES string of the molecule is CC(C)SCSCC(=O)Cl. The minimum atomic E-state index is -0.255. The van der Waals surface area contributed by atoms with Crippen molar-refractivity contribution in [3.8, 4) is 0 Å². The lowest BCUT2D eigenvalue weighted by atomic mass is 10.6. The van der Waals surface area contributed by atoms with Gasteiger partial charge < -0.3 is 0 Å². The summed E-state index contributed by atoms with van der Waals surface area (Å²) in [6.07, 6.45) is 0. The molecule has 0 aliphatic carbocycles. The van der Waals surface area contributed by atoms with Gasteiger partial charge in [0.1, 0.15) is 0 Å². The van der Waals surface area contributed by atoms with Gasteiger partial charge in [-0.25, -0.2) is 0 Å². The van der Waals surface area contributed by atoms with Crippen molar-refractivity contribution in [3.63, 3.8) is 0 Å². The highest BCUT2D eigenvalue weighted by Crippen LogP contribution is 2.16. The fourth-order valence-electron chi connectivity index (χ4n) is 0.306. The maximum Gasteiger partial charge on any atom is 0.231 e. The standard InChI is InChI=1S/C6H11ClOS2/c1-5(2)10-4-9-3-6(7)8/h5H,3-4H2,1-2H3. The van der Waals surface area contributed by atoms with Crippen LogP contribution in [-0.4, -0.2) is 21.3 Å². The quantitative estimate of drug-likeness (QED) is 0.384. The van der Waals surface area contributed by atoms with Crippen LogP contribution in [0.15, 0.2) is 0 Å². The second-order valence-electron chi connectivity index (χ2n) is 2.04. The molecule has 0 unspecified atom stereocenters. The molecule has 4 heteroatoms. The monoisotopic (exact) mass is 198 g/mol. The Labute approximate surface area is 75.3 Å². The fraction of sp³-hybridized carbons (Fsp3) is 0.833. The van der Waals surface area contributed by atoms with E-state index < -0.39 is 0 Å². The third-order valence-corrected chi connectivity index (χ3v) is 3.34. The molecule has 10 heavy (non-hydrogen) atoms. The van der Waals surface area contributed by atoms with Crippen LogP contribution >= 0.6 is 35.1 Å². The lowest BCUT2D eigenvalue weighted by Gasteiger charge is -2.01. The Hall–Kier alpha value is 0.660. The molecule has 0 aromatic carbocycles. The van der Waals surface area contributed by atoms with E-state index in [9.17, 15) is 4.79 Å². The van der Waals surface area contributed by atoms with Crippen LogP contribution in [0.3, 0.4) is 0 Å². The molecule has 0 radical (unpaired) electrons. The summed E-state index contributed by atoms with van der Waals surface area (Å²) in [5.74, 6) is 0.432. The molecule has 0 saturated carbocycles. The van der Waals surface area contributed by atoms with Gasteiger partial charge in [-0.2, -0.15) is 0 Å². The zero-order valence-electron chi connectivity index (χ0n) is 6.09. The van der Waals surface area contributed by atoms with Crippen LogP contribution in [-0.2, 0) is 4.79 Å². The molecule has 0 aliphatic heterocycles. The van der Waals surface area contributed by atoms with Crippen molar-refractivity contribution >= 4 is 40.4 Å². The number of carbonyl (C=O) groups is 1. The summed E-state index contributed by atoms with van der Waals surface area (Å²) in [5, 5.41) is 1.34. The maximum atomic E-state index is 10.2. The Morgan fingerprint density at radius 1 is 1.60 bits per heavy atom. The topological polar surface area (TPSA) is 17.1 Å². The van der Waals surface area contributed by atoms with Crippen molar-refractivity contribution in [2.45, 2.75) is 19.1 Å². The van der Waals surface area contributed by atoms with Crippen LogP contribution < -0.4 is 0 Å². The highest BCUT2D eigenvalue weighted by molar-refractivity contribution is 8.16. The van der Waals surface area contributed by atoms with Crippen molar-refractivity contribution < 1.29 is 4.79 Å². The highest BCUT2D eigenvalue weighted by atomic mass is 35.5. The van der Waals surface area contributed by atoms with Crippen LogP contribution in [0.2, 0.25) is 0 Å². The third kappa shape index (κ3) is 8.66. The molecular weight excluding hydrogens is 188 g/mol. The molecular formula is C6H11ClOS2. The molecule has 0 spiro atoms. The van der Waals surface area contributed by atoms with Gasteiger partial charge in [0.15, 0.2) is 0 Å². The predicted molar refractivity (Wildman–Crippen MR) is 50.9 cm³/mol. The van der Waals surface area contributed by atoms with Gasteiger partial charge in [0.25, 0.3) is 0 Å². The van der Waals surface area contributed by atoms with Crippen molar-refractivity contribution in [2.24, 2.45) is 0 Å². The number of hydrogen-bond donors (Lipinski definition) is 0. The molecule has 0 atom stereocenters. The second-order valence-corrected chi connectivity index (χ2v) is 5.37. The molecule has 0 rings (SSSR count). The first-order chi connectivity index (χ1) is 4.63. The number of rotatable bonds is 5. The van der Waals surface area contributed by atoms with Gasteiger partial charge in [-0.05, 0) is 16.9 Å². The van der Waals surface area contributed by atoms with Gasteiger partial charge in [-0.1, -0.05) is 13.8 Å². The molecule has 0 fully saturated rings. The highest BCUT2D eigenvalue weighted by Gasteiger charge is 1.97. The van der Waals surface area contributed by atoms with E-state index in [4.69, 9.17) is 11.6 Å². The first-order valence-electron chi connectivity index (χ1n) is 3.00. The van der Waals surface area contributed by atoms with E-state index in [1.54, 1.807) is 11.8 Å². The summed E-state index contributed by atoms with van der Waals surface area (Å²) in [6.45, 7) is 4.27. The maximum absolute atomic E-state index is 10.2. The molecule has 60 valence electrons. The summed E-state index contributed by atoms with van der Waals surface area (Å²) < 4.78 is 0. The Morgan fingerprint density at radius 2 is 2.20 bits per heavy atom. The molecule has 0 aromatic rings. The summed E-state index contributed by atoms with van der Waals surface area (Å²) in [4.78, 5) is 10.2. The van der Waals surface area contributed by atoms with E-state index in [1.807, 2.05) is 11.8 Å². The van der Waals surface area contributed by atoms with Gasteiger partial charge in [0.2, 0.25) is 5.24 Å². The molecule has 0 aromatic heterocycles. The minimum Gasteiger partial charge on any atom is -0.280 e. The van der Waals surface area contributed by atoms with Crippen LogP contribution in [0, 0.1) is 0 Å². The van der Waals surface area contributed by atoms with E-state index in [0.29, 0.717) is 11.0 Å². The smallest absolute Gasteiger partial charge is 0.231 e. The molecule has 0 amide bonds. The zero-order valence-corrected chi connectivity index (χ0v) is 8.48. The molecule has 0 N–H and O–H groups in total. The molecule has 0 bridgehead atoms. The van der Waals surface area contributed by atoms with Crippen molar-refractivity contribution in [1.29, 1.82) is 0 Å². The Bertz CT molecular complexity index is 106.